The van der Waals surface area contributed by atoms with Gasteiger partial charge in [0.1, 0.15) is 0 Å². The van der Waals surface area contributed by atoms with Crippen LogP contribution in [0.3, 0.4) is 0 Å². The smallest absolute Gasteiger partial charge is 0.221 e. The molecule has 2 N–H and O–H groups in total. The quantitative estimate of drug-likeness (QED) is 0.830. The number of nitrogens with one attached hydrogen (secondary N) is 2. The molecule has 0 bridgehead atoms. The van der Waals surface area contributed by atoms with E-state index in [0.717, 1.165) is 24.9 Å². The van der Waals surface area contributed by atoms with Crippen LogP contribution in [0.25, 0.3) is 0 Å². The van der Waals surface area contributed by atoms with Gasteiger partial charge in [-0.2, -0.15) is 0 Å². The second-order valence-electron chi connectivity index (χ2n) is 4.45. The van der Waals surface area contributed by atoms with Crippen LogP contribution < -0.4 is 15.4 Å². The van der Waals surface area contributed by atoms with Crippen molar-refractivity contribution in [2.45, 2.75) is 31.8 Å². The predicted octanol–water partition coefficient (Wildman–Crippen LogP) is 0.848. The highest BCUT2D eigenvalue weighted by Gasteiger charge is 2.17. The lowest BCUT2D eigenvalue weighted by molar-refractivity contribution is -0.121. The van der Waals surface area contributed by atoms with Crippen molar-refractivity contribution in [2.24, 2.45) is 0 Å². The zero-order chi connectivity index (χ0) is 12.8. The molecule has 18 heavy (non-hydrogen) atoms. The zero-order valence-electron chi connectivity index (χ0n) is 10.6. The summed E-state index contributed by atoms with van der Waals surface area (Å²) in [6, 6.07) is 4.10. The highest BCUT2D eigenvalue weighted by atomic mass is 16.5. The van der Waals surface area contributed by atoms with Crippen LogP contribution in [0, 0.1) is 0 Å². The Morgan fingerprint density at radius 3 is 3.33 bits per heavy atom. The minimum Gasteiger partial charge on any atom is -0.481 e. The zero-order valence-corrected chi connectivity index (χ0v) is 10.6. The summed E-state index contributed by atoms with van der Waals surface area (Å²) < 4.78 is 5.20. The normalized spacial score (nSPS) is 20.1. The summed E-state index contributed by atoms with van der Waals surface area (Å²) >= 11 is 0. The van der Waals surface area contributed by atoms with Crippen LogP contribution in [0.4, 0.5) is 0 Å². The minimum absolute atomic E-state index is 0.128. The lowest BCUT2D eigenvalue weighted by atomic mass is 10.1. The van der Waals surface area contributed by atoms with Crippen LogP contribution in [0.15, 0.2) is 18.3 Å². The molecule has 1 atom stereocenters. The Hall–Kier alpha value is -1.62. The highest BCUT2D eigenvalue weighted by Crippen LogP contribution is 2.14. The van der Waals surface area contributed by atoms with Crippen molar-refractivity contribution in [1.82, 2.24) is 15.6 Å². The fraction of sp³-hybridized carbons (Fsp3) is 0.538. The Morgan fingerprint density at radius 1 is 1.61 bits per heavy atom. The summed E-state index contributed by atoms with van der Waals surface area (Å²) in [5, 5.41) is 6.28. The van der Waals surface area contributed by atoms with Gasteiger partial charge >= 0.3 is 0 Å². The Balaban J connectivity index is 1.92. The summed E-state index contributed by atoms with van der Waals surface area (Å²) in [6.45, 7) is 1.46. The number of rotatable bonds is 4. The van der Waals surface area contributed by atoms with E-state index in [-0.39, 0.29) is 11.9 Å². The van der Waals surface area contributed by atoms with E-state index in [0.29, 0.717) is 18.8 Å². The van der Waals surface area contributed by atoms with E-state index >= 15 is 0 Å². The van der Waals surface area contributed by atoms with Crippen molar-refractivity contribution >= 4 is 5.91 Å². The summed E-state index contributed by atoms with van der Waals surface area (Å²) in [5.74, 6) is 0.770. The molecular formula is C13H19N3O2. The fourth-order valence-electron chi connectivity index (χ4n) is 2.15. The van der Waals surface area contributed by atoms with Gasteiger partial charge in [0, 0.05) is 37.3 Å². The van der Waals surface area contributed by atoms with E-state index in [1.807, 2.05) is 12.1 Å². The van der Waals surface area contributed by atoms with E-state index in [1.54, 1.807) is 13.3 Å². The van der Waals surface area contributed by atoms with Crippen molar-refractivity contribution in [3.8, 4) is 5.88 Å². The standard InChI is InChI=1S/C13H19N3O2/c1-18-13-10(4-2-7-15-13)9-16-11-5-3-6-14-12(17)8-11/h2,4,7,11,16H,3,5-6,8-9H2,1H3,(H,14,17). The second-order valence-corrected chi connectivity index (χ2v) is 4.45. The first-order valence-electron chi connectivity index (χ1n) is 6.27. The Labute approximate surface area is 107 Å². The molecule has 0 radical (unpaired) electrons. The third kappa shape index (κ3) is 3.43. The summed E-state index contributed by atoms with van der Waals surface area (Å²) in [7, 11) is 1.62. The van der Waals surface area contributed by atoms with E-state index < -0.39 is 0 Å². The number of ether oxygens (including phenoxy) is 1. The molecule has 1 saturated heterocycles. The Kier molecular flexibility index (Phi) is 4.52. The van der Waals surface area contributed by atoms with Gasteiger partial charge in [-0.15, -0.1) is 0 Å². The van der Waals surface area contributed by atoms with E-state index in [2.05, 4.69) is 15.6 Å². The molecule has 0 saturated carbocycles. The molecular weight excluding hydrogens is 230 g/mol. The number of pyridine rings is 1. The summed E-state index contributed by atoms with van der Waals surface area (Å²) in [4.78, 5) is 15.6. The Bertz CT molecular complexity index is 409. The third-order valence-electron chi connectivity index (χ3n) is 3.11. The molecule has 0 aromatic carbocycles. The molecule has 2 rings (SSSR count). The van der Waals surface area contributed by atoms with E-state index in [9.17, 15) is 4.79 Å². The number of nitrogens with zero attached hydrogens (tertiary/aromatic N) is 1. The molecule has 0 spiro atoms. The van der Waals surface area contributed by atoms with Gasteiger partial charge in [0.2, 0.25) is 11.8 Å². The third-order valence-corrected chi connectivity index (χ3v) is 3.11. The van der Waals surface area contributed by atoms with Crippen molar-refractivity contribution in [3.63, 3.8) is 0 Å². The lowest BCUT2D eigenvalue weighted by Gasteiger charge is -2.15. The van der Waals surface area contributed by atoms with Crippen LogP contribution in [0.1, 0.15) is 24.8 Å². The molecule has 98 valence electrons. The molecule has 2 heterocycles. The lowest BCUT2D eigenvalue weighted by Crippen LogP contribution is -2.32. The van der Waals surface area contributed by atoms with Crippen LogP contribution in [0.2, 0.25) is 0 Å². The molecule has 1 unspecified atom stereocenters. The highest BCUT2D eigenvalue weighted by molar-refractivity contribution is 5.76. The van der Waals surface area contributed by atoms with Gasteiger partial charge in [0.05, 0.1) is 7.11 Å². The summed E-state index contributed by atoms with van der Waals surface area (Å²) in [6.07, 6.45) is 4.29. The van der Waals surface area contributed by atoms with Crippen LogP contribution in [0.5, 0.6) is 5.88 Å². The molecule has 5 heteroatoms. The van der Waals surface area contributed by atoms with Crippen molar-refractivity contribution in [1.29, 1.82) is 0 Å². The average Bonchev–Trinajstić information content (AvgIpc) is 2.61. The molecule has 1 aromatic heterocycles. The average molecular weight is 249 g/mol. The maximum absolute atomic E-state index is 11.4. The van der Waals surface area contributed by atoms with Gasteiger partial charge in [0.25, 0.3) is 0 Å². The minimum atomic E-state index is 0.128. The largest absolute Gasteiger partial charge is 0.481 e. The number of aromatic nitrogens is 1. The number of methoxy groups -OCH3 is 1. The fourth-order valence-corrected chi connectivity index (χ4v) is 2.15. The van der Waals surface area contributed by atoms with E-state index in [1.165, 1.54) is 0 Å². The first-order valence-corrected chi connectivity index (χ1v) is 6.27. The number of hydrogen-bond acceptors (Lipinski definition) is 4. The number of hydrogen-bond donors (Lipinski definition) is 2. The molecule has 1 aliphatic heterocycles. The molecule has 1 fully saturated rings. The van der Waals surface area contributed by atoms with Gasteiger partial charge in [0.15, 0.2) is 0 Å². The predicted molar refractivity (Wildman–Crippen MR) is 68.3 cm³/mol. The summed E-state index contributed by atoms with van der Waals surface area (Å²) in [5.41, 5.74) is 1.02. The van der Waals surface area contributed by atoms with Gasteiger partial charge in [-0.25, -0.2) is 4.98 Å². The van der Waals surface area contributed by atoms with Crippen LogP contribution in [-0.4, -0.2) is 30.6 Å². The van der Waals surface area contributed by atoms with Crippen molar-refractivity contribution in [3.05, 3.63) is 23.9 Å². The molecule has 1 aliphatic rings. The monoisotopic (exact) mass is 249 g/mol. The van der Waals surface area contributed by atoms with Gasteiger partial charge in [-0.3, -0.25) is 4.79 Å². The Morgan fingerprint density at radius 2 is 2.50 bits per heavy atom. The van der Waals surface area contributed by atoms with Crippen LogP contribution in [-0.2, 0) is 11.3 Å². The number of carbonyl (C=O) groups is 1. The van der Waals surface area contributed by atoms with Crippen molar-refractivity contribution < 1.29 is 9.53 Å². The molecule has 0 aliphatic carbocycles. The van der Waals surface area contributed by atoms with E-state index in [4.69, 9.17) is 4.74 Å². The number of amides is 1. The topological polar surface area (TPSA) is 63.2 Å². The number of carbonyl (C=O) groups excluding carboxylic acids is 1. The first-order chi connectivity index (χ1) is 8.79. The maximum atomic E-state index is 11.4. The van der Waals surface area contributed by atoms with Gasteiger partial charge in [-0.05, 0) is 18.9 Å². The molecule has 5 nitrogen and oxygen atoms in total. The van der Waals surface area contributed by atoms with Crippen molar-refractivity contribution in [2.75, 3.05) is 13.7 Å². The maximum Gasteiger partial charge on any atom is 0.221 e. The van der Waals surface area contributed by atoms with Crippen LogP contribution >= 0.6 is 0 Å². The van der Waals surface area contributed by atoms with Gasteiger partial charge in [-0.1, -0.05) is 6.07 Å². The molecule has 1 amide bonds. The van der Waals surface area contributed by atoms with Gasteiger partial charge < -0.3 is 15.4 Å². The SMILES string of the molecule is COc1ncccc1CNC1CCCNC(=O)C1. The molecule has 1 aromatic rings. The second kappa shape index (κ2) is 6.35. The first kappa shape index (κ1) is 12.8.